The largest absolute Gasteiger partial charge is 0.465 e. The quantitative estimate of drug-likeness (QED) is 0.779. The summed E-state index contributed by atoms with van der Waals surface area (Å²) in [4.78, 5) is 27.5. The van der Waals surface area contributed by atoms with Crippen LogP contribution < -0.4 is 5.32 Å². The van der Waals surface area contributed by atoms with Gasteiger partial charge in [0.2, 0.25) is 5.91 Å². The Balaban J connectivity index is 2.19. The number of rotatable bonds is 5. The molecule has 0 aliphatic heterocycles. The number of benzene rings is 1. The number of ether oxygens (including phenoxy) is 1. The van der Waals surface area contributed by atoms with Crippen molar-refractivity contribution in [2.45, 2.75) is 12.8 Å². The zero-order valence-corrected chi connectivity index (χ0v) is 14.3. The van der Waals surface area contributed by atoms with Crippen LogP contribution in [-0.4, -0.2) is 30.0 Å². The molecule has 2 aromatic rings. The van der Waals surface area contributed by atoms with Crippen molar-refractivity contribution in [3.05, 3.63) is 27.4 Å². The number of nitrogens with one attached hydrogen (secondary N) is 1. The van der Waals surface area contributed by atoms with Crippen molar-refractivity contribution in [2.24, 2.45) is 0 Å². The molecule has 2 rings (SSSR count). The molecule has 9 heteroatoms. The van der Waals surface area contributed by atoms with E-state index in [4.69, 9.17) is 0 Å². The van der Waals surface area contributed by atoms with Crippen molar-refractivity contribution >= 4 is 49.4 Å². The van der Waals surface area contributed by atoms with E-state index in [1.165, 1.54) is 12.1 Å². The zero-order chi connectivity index (χ0) is 17.0. The SMILES string of the molecule is CCOC(=O)CNC(=O)C(C#N)c1nc2cc(Br)c(F)cc2s1. The molecule has 0 spiro atoms. The lowest BCUT2D eigenvalue weighted by Crippen LogP contribution is -2.34. The van der Waals surface area contributed by atoms with Crippen LogP contribution >= 0.6 is 27.3 Å². The minimum atomic E-state index is -1.18. The van der Waals surface area contributed by atoms with Gasteiger partial charge in [-0.05, 0) is 35.0 Å². The highest BCUT2D eigenvalue weighted by Crippen LogP contribution is 2.31. The summed E-state index contributed by atoms with van der Waals surface area (Å²) in [6.07, 6.45) is 0. The van der Waals surface area contributed by atoms with Gasteiger partial charge in [-0.1, -0.05) is 0 Å². The van der Waals surface area contributed by atoms with Gasteiger partial charge in [0.25, 0.3) is 0 Å². The van der Waals surface area contributed by atoms with Crippen LogP contribution in [0.5, 0.6) is 0 Å². The first kappa shape index (κ1) is 17.3. The number of aromatic nitrogens is 1. The molecule has 6 nitrogen and oxygen atoms in total. The van der Waals surface area contributed by atoms with Crippen LogP contribution in [0.25, 0.3) is 10.2 Å². The maximum atomic E-state index is 13.5. The van der Waals surface area contributed by atoms with E-state index in [1.54, 1.807) is 6.92 Å². The minimum absolute atomic E-state index is 0.203. The molecule has 1 amide bonds. The molecular formula is C14H11BrFN3O3S. The Bertz CT molecular complexity index is 763. The molecule has 1 N–H and O–H groups in total. The van der Waals surface area contributed by atoms with Gasteiger partial charge in [0.05, 0.1) is 27.4 Å². The number of nitrogens with zero attached hydrogens (tertiary/aromatic N) is 2. The second kappa shape index (κ2) is 7.48. The Morgan fingerprint density at radius 1 is 1.57 bits per heavy atom. The third-order valence-electron chi connectivity index (χ3n) is 2.80. The maximum Gasteiger partial charge on any atom is 0.325 e. The van der Waals surface area contributed by atoms with E-state index in [0.29, 0.717) is 10.2 Å². The number of esters is 1. The number of nitriles is 1. The summed E-state index contributed by atoms with van der Waals surface area (Å²) in [7, 11) is 0. The number of carbonyl (C=O) groups is 2. The highest BCUT2D eigenvalue weighted by molar-refractivity contribution is 9.10. The molecule has 0 bridgehead atoms. The second-order valence-electron chi connectivity index (χ2n) is 4.37. The van der Waals surface area contributed by atoms with Crippen molar-refractivity contribution in [3.8, 4) is 6.07 Å². The van der Waals surface area contributed by atoms with E-state index in [2.05, 4.69) is 31.0 Å². The molecule has 0 radical (unpaired) electrons. The third kappa shape index (κ3) is 4.03. The van der Waals surface area contributed by atoms with Gasteiger partial charge >= 0.3 is 5.97 Å². The highest BCUT2D eigenvalue weighted by atomic mass is 79.9. The average molecular weight is 400 g/mol. The monoisotopic (exact) mass is 399 g/mol. The summed E-state index contributed by atoms with van der Waals surface area (Å²) >= 11 is 4.11. The Kier molecular flexibility index (Phi) is 5.63. The summed E-state index contributed by atoms with van der Waals surface area (Å²) in [6.45, 7) is 1.53. The predicted molar refractivity (Wildman–Crippen MR) is 85.3 cm³/mol. The molecule has 23 heavy (non-hydrogen) atoms. The van der Waals surface area contributed by atoms with Gasteiger partial charge in [-0.25, -0.2) is 9.37 Å². The maximum absolute atomic E-state index is 13.5. The van der Waals surface area contributed by atoms with E-state index >= 15 is 0 Å². The van der Waals surface area contributed by atoms with Gasteiger partial charge in [-0.2, -0.15) is 5.26 Å². The average Bonchev–Trinajstić information content (AvgIpc) is 2.89. The van der Waals surface area contributed by atoms with Crippen LogP contribution in [0.4, 0.5) is 4.39 Å². The van der Waals surface area contributed by atoms with E-state index in [0.717, 1.165) is 11.3 Å². The van der Waals surface area contributed by atoms with Crippen molar-refractivity contribution < 1.29 is 18.7 Å². The van der Waals surface area contributed by atoms with Gasteiger partial charge in [-0.15, -0.1) is 11.3 Å². The number of thiazole rings is 1. The smallest absolute Gasteiger partial charge is 0.325 e. The van der Waals surface area contributed by atoms with E-state index < -0.39 is 23.6 Å². The summed E-state index contributed by atoms with van der Waals surface area (Å²) in [5.41, 5.74) is 0.483. The van der Waals surface area contributed by atoms with Crippen LogP contribution in [0, 0.1) is 17.1 Å². The van der Waals surface area contributed by atoms with Gasteiger partial charge in [0, 0.05) is 0 Å². The van der Waals surface area contributed by atoms with Crippen molar-refractivity contribution in [2.75, 3.05) is 13.2 Å². The second-order valence-corrected chi connectivity index (χ2v) is 6.29. The van der Waals surface area contributed by atoms with Crippen LogP contribution in [0.3, 0.4) is 0 Å². The normalized spacial score (nSPS) is 11.7. The molecule has 1 aromatic heterocycles. The molecule has 1 aromatic carbocycles. The standard InChI is InChI=1S/C14H11BrFN3O3S/c1-2-22-12(20)6-18-13(21)7(5-17)14-19-10-3-8(15)9(16)4-11(10)23-14/h3-4,7H,2,6H2,1H3,(H,18,21). The van der Waals surface area contributed by atoms with Gasteiger partial charge in [0.15, 0.2) is 5.92 Å². The summed E-state index contributed by atoms with van der Waals surface area (Å²) in [6, 6.07) is 4.61. The van der Waals surface area contributed by atoms with Gasteiger partial charge in [0.1, 0.15) is 17.4 Å². The topological polar surface area (TPSA) is 92.1 Å². The molecule has 120 valence electrons. The van der Waals surface area contributed by atoms with Crippen molar-refractivity contribution in [1.82, 2.24) is 10.3 Å². The number of hydrogen-bond donors (Lipinski definition) is 1. The molecule has 0 saturated carbocycles. The molecular weight excluding hydrogens is 389 g/mol. The van der Waals surface area contributed by atoms with E-state index in [1.807, 2.05) is 6.07 Å². The van der Waals surface area contributed by atoms with Crippen LogP contribution in [0.15, 0.2) is 16.6 Å². The first-order chi connectivity index (χ1) is 11.0. The summed E-state index contributed by atoms with van der Waals surface area (Å²) in [5, 5.41) is 11.8. The Labute approximate surface area is 143 Å². The van der Waals surface area contributed by atoms with Gasteiger partial charge in [-0.3, -0.25) is 9.59 Å². The Hall–Kier alpha value is -2.05. The molecule has 1 heterocycles. The first-order valence-electron chi connectivity index (χ1n) is 6.54. The fraction of sp³-hybridized carbons (Fsp3) is 0.286. The molecule has 0 saturated heterocycles. The van der Waals surface area contributed by atoms with E-state index in [-0.39, 0.29) is 22.6 Å². The Morgan fingerprint density at radius 3 is 2.96 bits per heavy atom. The summed E-state index contributed by atoms with van der Waals surface area (Å²) < 4.78 is 19.0. The number of halogens is 2. The van der Waals surface area contributed by atoms with Gasteiger partial charge < -0.3 is 10.1 Å². The van der Waals surface area contributed by atoms with Crippen molar-refractivity contribution in [3.63, 3.8) is 0 Å². The zero-order valence-electron chi connectivity index (χ0n) is 11.9. The van der Waals surface area contributed by atoms with Crippen molar-refractivity contribution in [1.29, 1.82) is 5.26 Å². The molecule has 0 aliphatic rings. The van der Waals surface area contributed by atoms with Crippen LogP contribution in [0.1, 0.15) is 17.8 Å². The summed E-state index contributed by atoms with van der Waals surface area (Å²) in [5.74, 6) is -2.87. The van der Waals surface area contributed by atoms with Crippen LogP contribution in [0.2, 0.25) is 0 Å². The molecule has 0 fully saturated rings. The predicted octanol–water partition coefficient (Wildman–Crippen LogP) is 2.48. The molecule has 1 unspecified atom stereocenters. The van der Waals surface area contributed by atoms with Crippen LogP contribution in [-0.2, 0) is 14.3 Å². The lowest BCUT2D eigenvalue weighted by molar-refractivity contribution is -0.143. The fourth-order valence-corrected chi connectivity index (χ4v) is 3.11. The number of hydrogen-bond acceptors (Lipinski definition) is 6. The lowest BCUT2D eigenvalue weighted by atomic mass is 10.1. The van der Waals surface area contributed by atoms with E-state index in [9.17, 15) is 19.2 Å². The third-order valence-corrected chi connectivity index (χ3v) is 4.49. The number of fused-ring (bicyclic) bond motifs is 1. The lowest BCUT2D eigenvalue weighted by Gasteiger charge is -2.07. The molecule has 0 aliphatic carbocycles. The Morgan fingerprint density at radius 2 is 2.30 bits per heavy atom. The number of carbonyl (C=O) groups excluding carboxylic acids is 2. The molecule has 1 atom stereocenters. The fourth-order valence-electron chi connectivity index (χ4n) is 1.76. The highest BCUT2D eigenvalue weighted by Gasteiger charge is 2.25. The number of amides is 1. The first-order valence-corrected chi connectivity index (χ1v) is 8.15. The minimum Gasteiger partial charge on any atom is -0.465 e.